The molecule has 1 N–H and O–H groups in total. The summed E-state index contributed by atoms with van der Waals surface area (Å²) in [6.45, 7) is 6.59. The van der Waals surface area contributed by atoms with E-state index in [1.54, 1.807) is 12.4 Å². The van der Waals surface area contributed by atoms with Gasteiger partial charge in [0, 0.05) is 37.2 Å². The number of rotatable bonds is 5. The first kappa shape index (κ1) is 17.4. The Morgan fingerprint density at radius 2 is 2.20 bits per heavy atom. The molecule has 2 aromatic rings. The predicted octanol–water partition coefficient (Wildman–Crippen LogP) is 2.53. The van der Waals surface area contributed by atoms with Crippen molar-refractivity contribution >= 4 is 6.03 Å². The third-order valence-electron chi connectivity index (χ3n) is 4.52. The molecular formula is C18H25N5O2. The molecule has 7 nitrogen and oxygen atoms in total. The van der Waals surface area contributed by atoms with Crippen LogP contribution in [0.3, 0.4) is 0 Å². The van der Waals surface area contributed by atoms with Gasteiger partial charge in [-0.15, -0.1) is 0 Å². The zero-order valence-electron chi connectivity index (χ0n) is 14.8. The van der Waals surface area contributed by atoms with Crippen LogP contribution in [-0.2, 0) is 11.3 Å². The van der Waals surface area contributed by atoms with E-state index in [0.29, 0.717) is 19.7 Å². The molecule has 2 amide bonds. The lowest BCUT2D eigenvalue weighted by atomic mass is 10.1. The second-order valence-corrected chi connectivity index (χ2v) is 6.13. The molecular weight excluding hydrogens is 318 g/mol. The standard InChI is InChI=1S/C18H25N5O2/c1-3-16(14-5-7-19-8-6-14)21-18(24)22-9-10-25-17(13-22)15-11-20-23(4-2)12-15/h5-8,11-12,16-17H,3-4,9-10,13H2,1-2H3,(H,21,24)/t16-,17-/m1/s1. The topological polar surface area (TPSA) is 72.3 Å². The number of nitrogens with one attached hydrogen (secondary N) is 1. The molecule has 0 aromatic carbocycles. The Kier molecular flexibility index (Phi) is 5.65. The molecule has 2 atom stereocenters. The van der Waals surface area contributed by atoms with E-state index >= 15 is 0 Å². The highest BCUT2D eigenvalue weighted by molar-refractivity contribution is 5.75. The van der Waals surface area contributed by atoms with E-state index in [1.807, 2.05) is 41.0 Å². The number of ether oxygens (including phenoxy) is 1. The molecule has 0 unspecified atom stereocenters. The number of hydrogen-bond acceptors (Lipinski definition) is 4. The highest BCUT2D eigenvalue weighted by Crippen LogP contribution is 2.23. The summed E-state index contributed by atoms with van der Waals surface area (Å²) in [5.41, 5.74) is 2.08. The van der Waals surface area contributed by atoms with E-state index in [0.717, 1.165) is 24.1 Å². The van der Waals surface area contributed by atoms with Gasteiger partial charge in [0.1, 0.15) is 6.10 Å². The van der Waals surface area contributed by atoms with E-state index in [4.69, 9.17) is 4.74 Å². The molecule has 0 radical (unpaired) electrons. The molecule has 0 spiro atoms. The third-order valence-corrected chi connectivity index (χ3v) is 4.52. The number of pyridine rings is 1. The summed E-state index contributed by atoms with van der Waals surface area (Å²) in [6, 6.07) is 3.81. The van der Waals surface area contributed by atoms with Gasteiger partial charge in [-0.3, -0.25) is 9.67 Å². The Hall–Kier alpha value is -2.41. The summed E-state index contributed by atoms with van der Waals surface area (Å²) in [7, 11) is 0. The van der Waals surface area contributed by atoms with Crippen molar-refractivity contribution in [1.29, 1.82) is 0 Å². The largest absolute Gasteiger partial charge is 0.370 e. The zero-order valence-corrected chi connectivity index (χ0v) is 14.8. The summed E-state index contributed by atoms with van der Waals surface area (Å²) in [4.78, 5) is 18.6. The summed E-state index contributed by atoms with van der Waals surface area (Å²) >= 11 is 0. The monoisotopic (exact) mass is 343 g/mol. The molecule has 1 saturated heterocycles. The number of aryl methyl sites for hydroxylation is 1. The molecule has 1 aliphatic heterocycles. The van der Waals surface area contributed by atoms with Crippen molar-refractivity contribution in [3.05, 3.63) is 48.0 Å². The van der Waals surface area contributed by atoms with Crippen molar-refractivity contribution < 1.29 is 9.53 Å². The molecule has 25 heavy (non-hydrogen) atoms. The van der Waals surface area contributed by atoms with Crippen molar-refractivity contribution in [2.24, 2.45) is 0 Å². The fraction of sp³-hybridized carbons (Fsp3) is 0.500. The Bertz CT molecular complexity index is 688. The number of hydrogen-bond donors (Lipinski definition) is 1. The number of aromatic nitrogens is 3. The van der Waals surface area contributed by atoms with Gasteiger partial charge in [0.2, 0.25) is 0 Å². The van der Waals surface area contributed by atoms with Gasteiger partial charge in [0.15, 0.2) is 0 Å². The molecule has 3 rings (SSSR count). The number of carbonyl (C=O) groups is 1. The van der Waals surface area contributed by atoms with Crippen molar-refractivity contribution in [2.45, 2.75) is 39.0 Å². The van der Waals surface area contributed by atoms with Crippen LogP contribution in [0.4, 0.5) is 4.79 Å². The summed E-state index contributed by atoms with van der Waals surface area (Å²) in [6.07, 6.45) is 8.01. The van der Waals surface area contributed by atoms with E-state index in [-0.39, 0.29) is 18.2 Å². The lowest BCUT2D eigenvalue weighted by Gasteiger charge is -2.33. The van der Waals surface area contributed by atoms with Crippen molar-refractivity contribution in [3.63, 3.8) is 0 Å². The molecule has 0 bridgehead atoms. The van der Waals surface area contributed by atoms with Gasteiger partial charge in [-0.1, -0.05) is 6.92 Å². The van der Waals surface area contributed by atoms with Crippen LogP contribution in [0.15, 0.2) is 36.9 Å². The quantitative estimate of drug-likeness (QED) is 0.905. The molecule has 134 valence electrons. The van der Waals surface area contributed by atoms with Gasteiger partial charge < -0.3 is 15.0 Å². The number of urea groups is 1. The van der Waals surface area contributed by atoms with Crippen LogP contribution in [0.2, 0.25) is 0 Å². The van der Waals surface area contributed by atoms with Gasteiger partial charge in [-0.2, -0.15) is 5.10 Å². The molecule has 1 fully saturated rings. The lowest BCUT2D eigenvalue weighted by molar-refractivity contribution is -0.0158. The average Bonchev–Trinajstić information content (AvgIpc) is 3.16. The molecule has 7 heteroatoms. The second-order valence-electron chi connectivity index (χ2n) is 6.13. The fourth-order valence-corrected chi connectivity index (χ4v) is 3.01. The number of carbonyl (C=O) groups excluding carboxylic acids is 1. The fourth-order valence-electron chi connectivity index (χ4n) is 3.01. The van der Waals surface area contributed by atoms with Crippen molar-refractivity contribution in [2.75, 3.05) is 19.7 Å². The first-order valence-corrected chi connectivity index (χ1v) is 8.80. The van der Waals surface area contributed by atoms with E-state index in [2.05, 4.69) is 22.3 Å². The summed E-state index contributed by atoms with van der Waals surface area (Å²) in [5, 5.41) is 7.42. The SMILES string of the molecule is CC[C@@H](NC(=O)N1CCO[C@@H](c2cnn(CC)c2)C1)c1ccncc1. The van der Waals surface area contributed by atoms with Crippen LogP contribution in [0.5, 0.6) is 0 Å². The first-order chi connectivity index (χ1) is 12.2. The van der Waals surface area contributed by atoms with E-state index in [9.17, 15) is 4.79 Å². The molecule has 3 heterocycles. The first-order valence-electron chi connectivity index (χ1n) is 8.80. The Morgan fingerprint density at radius 1 is 1.40 bits per heavy atom. The Morgan fingerprint density at radius 3 is 2.88 bits per heavy atom. The van der Waals surface area contributed by atoms with Crippen molar-refractivity contribution in [1.82, 2.24) is 25.0 Å². The van der Waals surface area contributed by atoms with E-state index < -0.39 is 0 Å². The highest BCUT2D eigenvalue weighted by atomic mass is 16.5. The Balaban J connectivity index is 1.63. The van der Waals surface area contributed by atoms with Crippen molar-refractivity contribution in [3.8, 4) is 0 Å². The minimum absolute atomic E-state index is 0.0142. The van der Waals surface area contributed by atoms with Gasteiger partial charge >= 0.3 is 6.03 Å². The van der Waals surface area contributed by atoms with Crippen LogP contribution >= 0.6 is 0 Å². The average molecular weight is 343 g/mol. The predicted molar refractivity (Wildman–Crippen MR) is 94.0 cm³/mol. The van der Waals surface area contributed by atoms with Gasteiger partial charge in [-0.25, -0.2) is 4.79 Å². The van der Waals surface area contributed by atoms with Gasteiger partial charge in [-0.05, 0) is 31.0 Å². The minimum Gasteiger partial charge on any atom is -0.370 e. The number of amides is 2. The Labute approximate surface area is 148 Å². The van der Waals surface area contributed by atoms with Gasteiger partial charge in [0.05, 0.1) is 25.4 Å². The van der Waals surface area contributed by atoms with Crippen LogP contribution in [0, 0.1) is 0 Å². The molecule has 0 aliphatic carbocycles. The van der Waals surface area contributed by atoms with Crippen LogP contribution in [-0.4, -0.2) is 45.4 Å². The van der Waals surface area contributed by atoms with E-state index in [1.165, 1.54) is 0 Å². The highest BCUT2D eigenvalue weighted by Gasteiger charge is 2.27. The maximum atomic E-state index is 12.7. The normalized spacial score (nSPS) is 18.8. The molecule has 0 saturated carbocycles. The van der Waals surface area contributed by atoms with Crippen LogP contribution in [0.1, 0.15) is 43.5 Å². The second kappa shape index (κ2) is 8.11. The summed E-state index contributed by atoms with van der Waals surface area (Å²) < 4.78 is 7.70. The lowest BCUT2D eigenvalue weighted by Crippen LogP contribution is -2.48. The summed E-state index contributed by atoms with van der Waals surface area (Å²) in [5.74, 6) is 0. The molecule has 1 aliphatic rings. The number of nitrogens with zero attached hydrogens (tertiary/aromatic N) is 4. The zero-order chi connectivity index (χ0) is 17.6. The van der Waals surface area contributed by atoms with Crippen LogP contribution in [0.25, 0.3) is 0 Å². The van der Waals surface area contributed by atoms with Crippen LogP contribution < -0.4 is 5.32 Å². The maximum absolute atomic E-state index is 12.7. The van der Waals surface area contributed by atoms with Gasteiger partial charge in [0.25, 0.3) is 0 Å². The molecule has 2 aromatic heterocycles. The minimum atomic E-state index is -0.124. The smallest absolute Gasteiger partial charge is 0.318 e. The maximum Gasteiger partial charge on any atom is 0.318 e. The number of morpholine rings is 1. The third kappa shape index (κ3) is 4.17.